The third-order valence-electron chi connectivity index (χ3n) is 1.75. The zero-order valence-electron chi connectivity index (χ0n) is 7.36. The fourth-order valence-corrected chi connectivity index (χ4v) is 1.000. The van der Waals surface area contributed by atoms with E-state index in [0.717, 1.165) is 12.2 Å². The van der Waals surface area contributed by atoms with Gasteiger partial charge in [0, 0.05) is 12.8 Å². The summed E-state index contributed by atoms with van der Waals surface area (Å²) in [6, 6.07) is 3.47. The van der Waals surface area contributed by atoms with E-state index in [4.69, 9.17) is 14.6 Å². The summed E-state index contributed by atoms with van der Waals surface area (Å²) in [5, 5.41) is 17.4. The second-order valence-corrected chi connectivity index (χ2v) is 2.78. The predicted octanol–water partition coefficient (Wildman–Crippen LogP) is 0.830. The Hall–Kier alpha value is -1.29. The van der Waals surface area contributed by atoms with Gasteiger partial charge in [-0.2, -0.15) is 0 Å². The Morgan fingerprint density at radius 1 is 1.54 bits per heavy atom. The molecule has 0 aliphatic rings. The highest BCUT2D eigenvalue weighted by atomic mass is 16.4. The van der Waals surface area contributed by atoms with E-state index >= 15 is 0 Å². The molecule has 0 radical (unpaired) electrons. The summed E-state index contributed by atoms with van der Waals surface area (Å²) in [5.74, 6) is 0.0776. The number of hydrogen-bond acceptors (Lipinski definition) is 3. The second-order valence-electron chi connectivity index (χ2n) is 2.78. The van der Waals surface area contributed by atoms with Crippen LogP contribution in [0.1, 0.15) is 18.4 Å². The summed E-state index contributed by atoms with van der Waals surface area (Å²) >= 11 is 0. The van der Waals surface area contributed by atoms with Gasteiger partial charge in [0.1, 0.15) is 11.5 Å². The number of carbonyl (C=O) groups is 1. The van der Waals surface area contributed by atoms with Crippen LogP contribution in [0.25, 0.3) is 0 Å². The normalized spacial score (nSPS) is 12.8. The van der Waals surface area contributed by atoms with Crippen LogP contribution in [0.4, 0.5) is 0 Å². The lowest BCUT2D eigenvalue weighted by Crippen LogP contribution is -2.21. The van der Waals surface area contributed by atoms with Crippen molar-refractivity contribution in [3.8, 4) is 0 Å². The maximum Gasteiger partial charge on any atom is 0.332 e. The molecule has 13 heavy (non-hydrogen) atoms. The topological polar surface area (TPSA) is 70.7 Å². The van der Waals surface area contributed by atoms with Gasteiger partial charge in [0.15, 0.2) is 6.10 Å². The summed E-state index contributed by atoms with van der Waals surface area (Å²) in [6.45, 7) is 1.94. The number of carboxylic acid groups (broad SMARTS) is 1. The minimum Gasteiger partial charge on any atom is -0.479 e. The summed E-state index contributed by atoms with van der Waals surface area (Å²) in [4.78, 5) is 10.3. The van der Waals surface area contributed by atoms with Crippen LogP contribution in [-0.2, 0) is 17.6 Å². The molecule has 1 atom stereocenters. The van der Waals surface area contributed by atoms with Crippen molar-refractivity contribution in [2.75, 3.05) is 0 Å². The van der Waals surface area contributed by atoms with Gasteiger partial charge in [-0.15, -0.1) is 0 Å². The van der Waals surface area contributed by atoms with Gasteiger partial charge in [-0.1, -0.05) is 6.92 Å². The number of rotatable bonds is 4. The first kappa shape index (κ1) is 9.80. The van der Waals surface area contributed by atoms with Crippen LogP contribution < -0.4 is 0 Å². The lowest BCUT2D eigenvalue weighted by Gasteiger charge is -2.01. The van der Waals surface area contributed by atoms with Crippen LogP contribution in [0.3, 0.4) is 0 Å². The predicted molar refractivity (Wildman–Crippen MR) is 45.4 cm³/mol. The lowest BCUT2D eigenvalue weighted by molar-refractivity contribution is -0.146. The molecule has 2 N–H and O–H groups in total. The molecule has 0 spiro atoms. The molecule has 0 aliphatic carbocycles. The van der Waals surface area contributed by atoms with Crippen molar-refractivity contribution in [2.24, 2.45) is 0 Å². The largest absolute Gasteiger partial charge is 0.479 e. The van der Waals surface area contributed by atoms with Gasteiger partial charge in [-0.25, -0.2) is 4.79 Å². The Morgan fingerprint density at radius 2 is 2.15 bits per heavy atom. The van der Waals surface area contributed by atoms with Crippen molar-refractivity contribution in [2.45, 2.75) is 25.9 Å². The average molecular weight is 184 g/mol. The Morgan fingerprint density at radius 3 is 2.62 bits per heavy atom. The maximum absolute atomic E-state index is 10.3. The van der Waals surface area contributed by atoms with Crippen LogP contribution in [0.5, 0.6) is 0 Å². The highest BCUT2D eigenvalue weighted by molar-refractivity contribution is 5.72. The van der Waals surface area contributed by atoms with Gasteiger partial charge in [-0.3, -0.25) is 0 Å². The van der Waals surface area contributed by atoms with E-state index in [9.17, 15) is 4.79 Å². The zero-order chi connectivity index (χ0) is 9.84. The summed E-state index contributed by atoms with van der Waals surface area (Å²) in [6.07, 6.45) is -0.589. The number of aliphatic hydroxyl groups is 1. The third-order valence-corrected chi connectivity index (χ3v) is 1.75. The van der Waals surface area contributed by atoms with E-state index in [1.807, 2.05) is 6.92 Å². The van der Waals surface area contributed by atoms with Crippen molar-refractivity contribution in [3.63, 3.8) is 0 Å². The minimum atomic E-state index is -1.38. The first-order chi connectivity index (χ1) is 6.13. The minimum absolute atomic E-state index is 0.0231. The molecule has 72 valence electrons. The van der Waals surface area contributed by atoms with Crippen molar-refractivity contribution in [3.05, 3.63) is 23.7 Å². The van der Waals surface area contributed by atoms with Gasteiger partial charge in [0.25, 0.3) is 0 Å². The zero-order valence-corrected chi connectivity index (χ0v) is 7.36. The fraction of sp³-hybridized carbons (Fsp3) is 0.444. The van der Waals surface area contributed by atoms with Crippen molar-refractivity contribution < 1.29 is 19.4 Å². The average Bonchev–Trinajstić information content (AvgIpc) is 2.52. The van der Waals surface area contributed by atoms with Gasteiger partial charge in [0.2, 0.25) is 0 Å². The molecule has 0 fully saturated rings. The van der Waals surface area contributed by atoms with Gasteiger partial charge < -0.3 is 14.6 Å². The summed E-state index contributed by atoms with van der Waals surface area (Å²) in [5.41, 5.74) is 0. The molecule has 4 nitrogen and oxygen atoms in total. The van der Waals surface area contributed by atoms with E-state index < -0.39 is 12.1 Å². The molecule has 1 aromatic rings. The number of aryl methyl sites for hydroxylation is 1. The monoisotopic (exact) mass is 184 g/mol. The molecule has 0 amide bonds. The molecule has 0 bridgehead atoms. The quantitative estimate of drug-likeness (QED) is 0.727. The molecule has 0 aromatic carbocycles. The highest BCUT2D eigenvalue weighted by Gasteiger charge is 2.15. The van der Waals surface area contributed by atoms with E-state index in [1.165, 1.54) is 0 Å². The summed E-state index contributed by atoms with van der Waals surface area (Å²) < 4.78 is 5.23. The Balaban J connectivity index is 2.58. The molecular weight excluding hydrogens is 172 g/mol. The van der Waals surface area contributed by atoms with Gasteiger partial charge in [-0.05, 0) is 12.1 Å². The van der Waals surface area contributed by atoms with E-state index in [-0.39, 0.29) is 6.42 Å². The van der Waals surface area contributed by atoms with Crippen molar-refractivity contribution in [1.82, 2.24) is 0 Å². The number of aliphatic hydroxyl groups excluding tert-OH is 1. The summed E-state index contributed by atoms with van der Waals surface area (Å²) in [7, 11) is 0. The van der Waals surface area contributed by atoms with E-state index in [2.05, 4.69) is 0 Å². The number of hydrogen-bond donors (Lipinski definition) is 2. The Labute approximate surface area is 75.8 Å². The van der Waals surface area contributed by atoms with Crippen LogP contribution in [0.15, 0.2) is 16.5 Å². The molecule has 4 heteroatoms. The van der Waals surface area contributed by atoms with Crippen LogP contribution in [0.2, 0.25) is 0 Å². The second kappa shape index (κ2) is 4.09. The van der Waals surface area contributed by atoms with Gasteiger partial charge in [0.05, 0.1) is 0 Å². The number of furan rings is 1. The first-order valence-corrected chi connectivity index (χ1v) is 4.12. The van der Waals surface area contributed by atoms with E-state index in [1.54, 1.807) is 12.1 Å². The van der Waals surface area contributed by atoms with Crippen LogP contribution >= 0.6 is 0 Å². The van der Waals surface area contributed by atoms with E-state index in [0.29, 0.717) is 5.76 Å². The van der Waals surface area contributed by atoms with Crippen LogP contribution in [-0.4, -0.2) is 22.3 Å². The SMILES string of the molecule is CCc1ccc(C[C@@H](O)C(=O)O)o1. The standard InChI is InChI=1S/C9H12O4/c1-2-6-3-4-7(13-6)5-8(10)9(11)12/h3-4,8,10H,2,5H2,1H3,(H,11,12)/t8-/m1/s1. The Kier molecular flexibility index (Phi) is 3.08. The maximum atomic E-state index is 10.3. The highest BCUT2D eigenvalue weighted by Crippen LogP contribution is 2.10. The first-order valence-electron chi connectivity index (χ1n) is 4.12. The molecule has 1 aromatic heterocycles. The molecular formula is C9H12O4. The number of carboxylic acids is 1. The molecule has 0 saturated heterocycles. The van der Waals surface area contributed by atoms with Crippen molar-refractivity contribution >= 4 is 5.97 Å². The van der Waals surface area contributed by atoms with Crippen molar-refractivity contribution in [1.29, 1.82) is 0 Å². The van der Waals surface area contributed by atoms with Crippen LogP contribution in [0, 0.1) is 0 Å². The molecule has 0 saturated carbocycles. The molecule has 1 rings (SSSR count). The number of aliphatic carboxylic acids is 1. The Bertz CT molecular complexity index is 290. The third kappa shape index (κ3) is 2.59. The smallest absolute Gasteiger partial charge is 0.332 e. The molecule has 1 heterocycles. The fourth-order valence-electron chi connectivity index (χ4n) is 1.000. The van der Waals surface area contributed by atoms with Gasteiger partial charge >= 0.3 is 5.97 Å². The molecule has 0 unspecified atom stereocenters. The lowest BCUT2D eigenvalue weighted by atomic mass is 10.2. The molecule has 0 aliphatic heterocycles.